The Hall–Kier alpha value is -2.30. The summed E-state index contributed by atoms with van der Waals surface area (Å²) in [5.74, 6) is 0.526. The molecule has 5 heteroatoms. The van der Waals surface area contributed by atoms with Gasteiger partial charge in [-0.2, -0.15) is 0 Å². The summed E-state index contributed by atoms with van der Waals surface area (Å²) in [7, 11) is 0. The number of carbonyl (C=O) groups excluding carboxylic acids is 2. The number of rotatable bonds is 6. The Morgan fingerprint density at radius 1 is 1.23 bits per heavy atom. The van der Waals surface area contributed by atoms with Crippen LogP contribution in [0.1, 0.15) is 39.2 Å². The number of imide groups is 1. The normalized spacial score (nSPS) is 17.8. The number of ether oxygens (including phenoxy) is 1. The molecule has 0 spiro atoms. The fourth-order valence-corrected chi connectivity index (χ4v) is 2.12. The smallest absolute Gasteiger partial charge is 0.329 e. The monoisotopic (exact) mass is 302 g/mol. The second-order valence-corrected chi connectivity index (χ2v) is 5.35. The molecule has 1 fully saturated rings. The van der Waals surface area contributed by atoms with Crippen LogP contribution in [0.3, 0.4) is 0 Å². The van der Waals surface area contributed by atoms with Crippen molar-refractivity contribution < 1.29 is 14.3 Å². The molecule has 1 aromatic rings. The highest BCUT2D eigenvalue weighted by Gasteiger charge is 2.32. The minimum absolute atomic E-state index is 0.169. The molecule has 1 aliphatic rings. The number of urea groups is 1. The van der Waals surface area contributed by atoms with E-state index in [2.05, 4.69) is 12.2 Å². The van der Waals surface area contributed by atoms with E-state index in [9.17, 15) is 9.59 Å². The predicted molar refractivity (Wildman–Crippen MR) is 85.3 cm³/mol. The maximum atomic E-state index is 12.1. The molecule has 1 atom stereocenters. The number of nitrogens with one attached hydrogen (secondary N) is 1. The van der Waals surface area contributed by atoms with Crippen molar-refractivity contribution in [3.05, 3.63) is 35.5 Å². The van der Waals surface area contributed by atoms with Crippen molar-refractivity contribution in [2.24, 2.45) is 0 Å². The number of nitrogens with zero attached hydrogens (tertiary/aromatic N) is 1. The van der Waals surface area contributed by atoms with Crippen LogP contribution in [0.4, 0.5) is 4.79 Å². The Bertz CT molecular complexity index is 578. The summed E-state index contributed by atoms with van der Waals surface area (Å²) in [6.45, 7) is 6.45. The second-order valence-electron chi connectivity index (χ2n) is 5.35. The molecule has 118 valence electrons. The zero-order valence-electron chi connectivity index (χ0n) is 13.3. The molecule has 5 nitrogen and oxygen atoms in total. The van der Waals surface area contributed by atoms with Crippen molar-refractivity contribution in [3.8, 4) is 5.75 Å². The van der Waals surface area contributed by atoms with Gasteiger partial charge in [0.25, 0.3) is 5.91 Å². The van der Waals surface area contributed by atoms with E-state index in [4.69, 9.17) is 4.74 Å². The van der Waals surface area contributed by atoms with Gasteiger partial charge in [-0.25, -0.2) is 4.79 Å². The van der Waals surface area contributed by atoms with Gasteiger partial charge >= 0.3 is 6.03 Å². The summed E-state index contributed by atoms with van der Waals surface area (Å²) in [6, 6.07) is 7.11. The Labute approximate surface area is 130 Å². The maximum Gasteiger partial charge on any atom is 0.329 e. The Kier molecular flexibility index (Phi) is 5.20. The van der Waals surface area contributed by atoms with E-state index in [0.29, 0.717) is 12.2 Å². The summed E-state index contributed by atoms with van der Waals surface area (Å²) in [6.07, 6.45) is 3.54. The van der Waals surface area contributed by atoms with Gasteiger partial charge in [0.1, 0.15) is 11.4 Å². The molecule has 3 amide bonds. The van der Waals surface area contributed by atoms with Gasteiger partial charge in [0, 0.05) is 6.54 Å². The van der Waals surface area contributed by atoms with E-state index in [-0.39, 0.29) is 18.0 Å². The van der Waals surface area contributed by atoms with Crippen LogP contribution in [0.25, 0.3) is 6.08 Å². The minimum atomic E-state index is -0.352. The summed E-state index contributed by atoms with van der Waals surface area (Å²) < 4.78 is 5.71. The summed E-state index contributed by atoms with van der Waals surface area (Å²) in [4.78, 5) is 25.1. The van der Waals surface area contributed by atoms with Crippen molar-refractivity contribution in [1.29, 1.82) is 0 Å². The molecule has 2 rings (SSSR count). The van der Waals surface area contributed by atoms with Crippen molar-refractivity contribution in [2.75, 3.05) is 6.54 Å². The Balaban J connectivity index is 2.10. The molecule has 1 saturated heterocycles. The van der Waals surface area contributed by atoms with Crippen molar-refractivity contribution in [1.82, 2.24) is 10.2 Å². The molecular formula is C17H22N2O3. The minimum Gasteiger partial charge on any atom is -0.491 e. The number of hydrogen-bond donors (Lipinski definition) is 1. The summed E-state index contributed by atoms with van der Waals surface area (Å²) in [5.41, 5.74) is 1.16. The van der Waals surface area contributed by atoms with Gasteiger partial charge in [-0.1, -0.05) is 26.0 Å². The first-order valence-corrected chi connectivity index (χ1v) is 7.66. The van der Waals surface area contributed by atoms with Crippen LogP contribution < -0.4 is 10.1 Å². The fraction of sp³-hybridized carbons (Fsp3) is 0.412. The second kappa shape index (κ2) is 7.11. The van der Waals surface area contributed by atoms with Crippen molar-refractivity contribution in [2.45, 2.75) is 39.7 Å². The number of benzene rings is 1. The molecule has 1 aliphatic heterocycles. The summed E-state index contributed by atoms with van der Waals surface area (Å²) in [5, 5.41) is 2.61. The zero-order valence-corrected chi connectivity index (χ0v) is 13.3. The highest BCUT2D eigenvalue weighted by Crippen LogP contribution is 2.18. The van der Waals surface area contributed by atoms with Crippen LogP contribution in [0.2, 0.25) is 0 Å². The maximum absolute atomic E-state index is 12.1. The van der Waals surface area contributed by atoms with Crippen LogP contribution in [0.5, 0.6) is 5.75 Å². The van der Waals surface area contributed by atoms with Gasteiger partial charge in [-0.3, -0.25) is 9.69 Å². The van der Waals surface area contributed by atoms with Crippen LogP contribution in [-0.4, -0.2) is 29.5 Å². The van der Waals surface area contributed by atoms with Gasteiger partial charge in [-0.15, -0.1) is 0 Å². The standard InChI is InChI=1S/C17H22N2O3/c1-4-10-19-16(20)15(18-17(19)21)11-13-6-8-14(9-7-13)22-12(3)5-2/h6-9,11-12H,4-5,10H2,1-3H3,(H,18,21)/b15-11+/t12-/m1/s1. The number of amides is 3. The topological polar surface area (TPSA) is 58.6 Å². The zero-order chi connectivity index (χ0) is 16.1. The largest absolute Gasteiger partial charge is 0.491 e. The lowest BCUT2D eigenvalue weighted by Gasteiger charge is -2.12. The van der Waals surface area contributed by atoms with E-state index in [0.717, 1.165) is 24.2 Å². The number of carbonyl (C=O) groups is 2. The third-order valence-electron chi connectivity index (χ3n) is 3.51. The van der Waals surface area contributed by atoms with Crippen LogP contribution >= 0.6 is 0 Å². The van der Waals surface area contributed by atoms with Gasteiger partial charge < -0.3 is 10.1 Å². The SMILES string of the molecule is CCCN1C(=O)N/C(=C/c2ccc(O[C@H](C)CC)cc2)C1=O. The molecule has 0 bridgehead atoms. The molecule has 1 heterocycles. The average molecular weight is 302 g/mol. The third-order valence-corrected chi connectivity index (χ3v) is 3.51. The molecule has 1 N–H and O–H groups in total. The van der Waals surface area contributed by atoms with Gasteiger partial charge in [0.2, 0.25) is 0 Å². The molecular weight excluding hydrogens is 280 g/mol. The van der Waals surface area contributed by atoms with E-state index < -0.39 is 0 Å². The van der Waals surface area contributed by atoms with Crippen molar-refractivity contribution in [3.63, 3.8) is 0 Å². The van der Waals surface area contributed by atoms with Crippen molar-refractivity contribution >= 4 is 18.0 Å². The molecule has 1 aromatic carbocycles. The quantitative estimate of drug-likeness (QED) is 0.648. The molecule has 0 saturated carbocycles. The van der Waals surface area contributed by atoms with Crippen LogP contribution in [0, 0.1) is 0 Å². The van der Waals surface area contributed by atoms with Gasteiger partial charge in [0.05, 0.1) is 6.10 Å². The lowest BCUT2D eigenvalue weighted by Crippen LogP contribution is -2.31. The van der Waals surface area contributed by atoms with E-state index >= 15 is 0 Å². The first kappa shape index (κ1) is 16.1. The average Bonchev–Trinajstić information content (AvgIpc) is 2.77. The van der Waals surface area contributed by atoms with Crippen LogP contribution in [0.15, 0.2) is 30.0 Å². The van der Waals surface area contributed by atoms with E-state index in [1.807, 2.05) is 38.1 Å². The Morgan fingerprint density at radius 2 is 1.91 bits per heavy atom. The molecule has 0 radical (unpaired) electrons. The molecule has 22 heavy (non-hydrogen) atoms. The van der Waals surface area contributed by atoms with E-state index in [1.165, 1.54) is 4.90 Å². The predicted octanol–water partition coefficient (Wildman–Crippen LogP) is 3.17. The first-order chi connectivity index (χ1) is 10.5. The van der Waals surface area contributed by atoms with Gasteiger partial charge in [-0.05, 0) is 43.5 Å². The highest BCUT2D eigenvalue weighted by atomic mass is 16.5. The van der Waals surface area contributed by atoms with Crippen LogP contribution in [-0.2, 0) is 4.79 Å². The number of hydrogen-bond acceptors (Lipinski definition) is 3. The first-order valence-electron chi connectivity index (χ1n) is 7.66. The fourth-order valence-electron chi connectivity index (χ4n) is 2.12. The summed E-state index contributed by atoms with van der Waals surface area (Å²) >= 11 is 0. The van der Waals surface area contributed by atoms with E-state index in [1.54, 1.807) is 6.08 Å². The lowest BCUT2D eigenvalue weighted by atomic mass is 10.2. The Morgan fingerprint density at radius 3 is 2.50 bits per heavy atom. The highest BCUT2D eigenvalue weighted by molar-refractivity contribution is 6.13. The molecule has 0 aromatic heterocycles. The molecule has 0 aliphatic carbocycles. The third kappa shape index (κ3) is 3.67. The van der Waals surface area contributed by atoms with Gasteiger partial charge in [0.15, 0.2) is 0 Å². The lowest BCUT2D eigenvalue weighted by molar-refractivity contribution is -0.122. The molecule has 0 unspecified atom stereocenters.